The van der Waals surface area contributed by atoms with Gasteiger partial charge in [0.1, 0.15) is 11.6 Å². The van der Waals surface area contributed by atoms with Gasteiger partial charge in [0.15, 0.2) is 0 Å². The number of rotatable bonds is 4. The van der Waals surface area contributed by atoms with Crippen molar-refractivity contribution in [3.05, 3.63) is 63.5 Å². The van der Waals surface area contributed by atoms with E-state index in [9.17, 15) is 19.3 Å². The van der Waals surface area contributed by atoms with Crippen molar-refractivity contribution in [3.8, 4) is 11.5 Å². The van der Waals surface area contributed by atoms with Crippen LogP contribution in [0.2, 0.25) is 0 Å². The largest absolute Gasteiger partial charge is 0.478 e. The number of nitrogens with zero attached hydrogens (tertiary/aromatic N) is 1. The van der Waals surface area contributed by atoms with E-state index in [2.05, 4.69) is 0 Å². The molecule has 0 saturated heterocycles. The number of halogens is 1. The first-order valence-electron chi connectivity index (χ1n) is 5.85. The summed E-state index contributed by atoms with van der Waals surface area (Å²) in [5.74, 6) is -2.01. The molecule has 6 nitrogen and oxygen atoms in total. The van der Waals surface area contributed by atoms with Gasteiger partial charge < -0.3 is 9.84 Å². The fourth-order valence-electron chi connectivity index (χ4n) is 1.80. The van der Waals surface area contributed by atoms with E-state index < -0.39 is 22.4 Å². The molecule has 0 unspecified atom stereocenters. The lowest BCUT2D eigenvalue weighted by atomic mass is 10.1. The molecule has 0 aliphatic carbocycles. The highest BCUT2D eigenvalue weighted by Gasteiger charge is 2.19. The number of nitro benzene ring substituents is 1. The Bertz CT molecular complexity index is 729. The summed E-state index contributed by atoms with van der Waals surface area (Å²) in [6.07, 6.45) is 0. The first-order chi connectivity index (χ1) is 9.90. The highest BCUT2D eigenvalue weighted by Crippen LogP contribution is 2.34. The van der Waals surface area contributed by atoms with E-state index in [4.69, 9.17) is 9.84 Å². The maximum atomic E-state index is 13.2. The van der Waals surface area contributed by atoms with Crippen LogP contribution in [0, 0.1) is 22.9 Å². The van der Waals surface area contributed by atoms with E-state index in [1.54, 1.807) is 0 Å². The fourth-order valence-corrected chi connectivity index (χ4v) is 1.80. The van der Waals surface area contributed by atoms with Crippen LogP contribution in [0.1, 0.15) is 15.9 Å². The molecule has 2 aromatic rings. The number of hydrogen-bond acceptors (Lipinski definition) is 4. The second-order valence-electron chi connectivity index (χ2n) is 4.21. The molecule has 7 heteroatoms. The van der Waals surface area contributed by atoms with Crippen LogP contribution in [0.5, 0.6) is 11.5 Å². The average Bonchev–Trinajstić information content (AvgIpc) is 2.40. The van der Waals surface area contributed by atoms with Crippen molar-refractivity contribution < 1.29 is 24.0 Å². The Morgan fingerprint density at radius 1 is 1.29 bits per heavy atom. The van der Waals surface area contributed by atoms with Crippen molar-refractivity contribution in [2.75, 3.05) is 0 Å². The minimum absolute atomic E-state index is 0.00607. The van der Waals surface area contributed by atoms with E-state index in [0.717, 1.165) is 18.2 Å². The van der Waals surface area contributed by atoms with Crippen molar-refractivity contribution in [2.24, 2.45) is 0 Å². The molecule has 0 aromatic heterocycles. The molecule has 0 spiro atoms. The van der Waals surface area contributed by atoms with Gasteiger partial charge in [0.2, 0.25) is 5.75 Å². The Balaban J connectivity index is 2.48. The zero-order valence-electron chi connectivity index (χ0n) is 10.9. The molecular formula is C14H10FNO5. The van der Waals surface area contributed by atoms with Crippen LogP contribution in [0.3, 0.4) is 0 Å². The molecule has 21 heavy (non-hydrogen) atoms. The Morgan fingerprint density at radius 3 is 2.62 bits per heavy atom. The molecule has 2 rings (SSSR count). The molecule has 0 bridgehead atoms. The monoisotopic (exact) mass is 291 g/mol. The quantitative estimate of drug-likeness (QED) is 0.687. The molecule has 0 saturated carbocycles. The molecular weight excluding hydrogens is 281 g/mol. The van der Waals surface area contributed by atoms with Crippen molar-refractivity contribution in [1.82, 2.24) is 0 Å². The van der Waals surface area contributed by atoms with Gasteiger partial charge in [-0.25, -0.2) is 9.18 Å². The van der Waals surface area contributed by atoms with Gasteiger partial charge >= 0.3 is 11.7 Å². The van der Waals surface area contributed by atoms with E-state index >= 15 is 0 Å². The van der Waals surface area contributed by atoms with Crippen LogP contribution in [-0.2, 0) is 0 Å². The van der Waals surface area contributed by atoms with Gasteiger partial charge in [0, 0.05) is 17.7 Å². The lowest BCUT2D eigenvalue weighted by Crippen LogP contribution is -2.01. The molecule has 108 valence electrons. The minimum atomic E-state index is -1.15. The SMILES string of the molecule is Cc1c(Oc2cc(F)ccc2[N+](=O)[O-])cccc1C(=O)O. The summed E-state index contributed by atoms with van der Waals surface area (Å²) in [6.45, 7) is 1.50. The number of carboxylic acid groups (broad SMARTS) is 1. The highest BCUT2D eigenvalue weighted by atomic mass is 19.1. The summed E-state index contributed by atoms with van der Waals surface area (Å²) >= 11 is 0. The predicted octanol–water partition coefficient (Wildman–Crippen LogP) is 3.53. The number of carbonyl (C=O) groups is 1. The highest BCUT2D eigenvalue weighted by molar-refractivity contribution is 5.90. The second-order valence-corrected chi connectivity index (χ2v) is 4.21. The summed E-state index contributed by atoms with van der Waals surface area (Å²) in [4.78, 5) is 21.2. The van der Waals surface area contributed by atoms with E-state index in [0.29, 0.717) is 5.56 Å². The Morgan fingerprint density at radius 2 is 2.00 bits per heavy atom. The van der Waals surface area contributed by atoms with E-state index in [1.807, 2.05) is 0 Å². The normalized spacial score (nSPS) is 10.2. The number of nitro groups is 1. The predicted molar refractivity (Wildman–Crippen MR) is 71.3 cm³/mol. The van der Waals surface area contributed by atoms with Crippen molar-refractivity contribution in [3.63, 3.8) is 0 Å². The van der Waals surface area contributed by atoms with E-state index in [-0.39, 0.29) is 17.1 Å². The maximum absolute atomic E-state index is 13.2. The third-order valence-corrected chi connectivity index (χ3v) is 2.85. The fraction of sp³-hybridized carbons (Fsp3) is 0.0714. The summed E-state index contributed by atoms with van der Waals surface area (Å²) in [6, 6.07) is 7.09. The van der Waals surface area contributed by atoms with Crippen LogP contribution in [0.4, 0.5) is 10.1 Å². The number of carboxylic acids is 1. The second kappa shape index (κ2) is 5.58. The van der Waals surface area contributed by atoms with Gasteiger partial charge in [0.25, 0.3) is 0 Å². The minimum Gasteiger partial charge on any atom is -0.478 e. The summed E-state index contributed by atoms with van der Waals surface area (Å²) in [5.41, 5.74) is -0.105. The van der Waals surface area contributed by atoms with Gasteiger partial charge in [-0.2, -0.15) is 0 Å². The van der Waals surface area contributed by atoms with Gasteiger partial charge in [-0.05, 0) is 25.1 Å². The van der Waals surface area contributed by atoms with Crippen LogP contribution in [0.25, 0.3) is 0 Å². The molecule has 1 N–H and O–H groups in total. The number of ether oxygens (including phenoxy) is 1. The lowest BCUT2D eigenvalue weighted by molar-refractivity contribution is -0.385. The van der Waals surface area contributed by atoms with Gasteiger partial charge in [0.05, 0.1) is 10.5 Å². The third kappa shape index (κ3) is 2.97. The topological polar surface area (TPSA) is 89.7 Å². The molecule has 0 heterocycles. The van der Waals surface area contributed by atoms with Gasteiger partial charge in [-0.15, -0.1) is 0 Å². The van der Waals surface area contributed by atoms with Gasteiger partial charge in [-0.3, -0.25) is 10.1 Å². The maximum Gasteiger partial charge on any atom is 0.336 e. The lowest BCUT2D eigenvalue weighted by Gasteiger charge is -2.10. The Labute approximate surface area is 118 Å². The van der Waals surface area contributed by atoms with Crippen LogP contribution < -0.4 is 4.74 Å². The molecule has 0 atom stereocenters. The standard InChI is InChI=1S/C14H10FNO5/c1-8-10(14(17)18)3-2-4-12(8)21-13-7-9(15)5-6-11(13)16(19)20/h2-7H,1H3,(H,17,18). The number of hydrogen-bond donors (Lipinski definition) is 1. The van der Waals surface area contributed by atoms with Crippen molar-refractivity contribution in [2.45, 2.75) is 6.92 Å². The summed E-state index contributed by atoms with van der Waals surface area (Å²) in [5, 5.41) is 19.9. The molecule has 0 aliphatic rings. The summed E-state index contributed by atoms with van der Waals surface area (Å²) in [7, 11) is 0. The summed E-state index contributed by atoms with van der Waals surface area (Å²) < 4.78 is 18.6. The molecule has 0 radical (unpaired) electrons. The van der Waals surface area contributed by atoms with Crippen molar-refractivity contribution in [1.29, 1.82) is 0 Å². The molecule has 0 aliphatic heterocycles. The zero-order chi connectivity index (χ0) is 15.6. The van der Waals surface area contributed by atoms with Crippen LogP contribution >= 0.6 is 0 Å². The average molecular weight is 291 g/mol. The van der Waals surface area contributed by atoms with Crippen LogP contribution in [0.15, 0.2) is 36.4 Å². The molecule has 0 fully saturated rings. The first-order valence-corrected chi connectivity index (χ1v) is 5.85. The number of benzene rings is 2. The molecule has 0 amide bonds. The van der Waals surface area contributed by atoms with Gasteiger partial charge in [-0.1, -0.05) is 6.07 Å². The zero-order valence-corrected chi connectivity index (χ0v) is 10.9. The number of aromatic carboxylic acids is 1. The molecule has 2 aromatic carbocycles. The van der Waals surface area contributed by atoms with E-state index in [1.165, 1.54) is 25.1 Å². The third-order valence-electron chi connectivity index (χ3n) is 2.85. The Kier molecular flexibility index (Phi) is 3.84. The smallest absolute Gasteiger partial charge is 0.336 e. The van der Waals surface area contributed by atoms with Crippen LogP contribution in [-0.4, -0.2) is 16.0 Å². The Hall–Kier alpha value is -2.96. The van der Waals surface area contributed by atoms with Crippen molar-refractivity contribution >= 4 is 11.7 Å². The first kappa shape index (κ1) is 14.4.